The van der Waals surface area contributed by atoms with Gasteiger partial charge in [-0.05, 0) is 48.9 Å². The Morgan fingerprint density at radius 1 is 1.00 bits per heavy atom. The summed E-state index contributed by atoms with van der Waals surface area (Å²) in [7, 11) is 0. The minimum atomic E-state index is -0.292. The highest BCUT2D eigenvalue weighted by Gasteiger charge is 2.26. The van der Waals surface area contributed by atoms with Gasteiger partial charge in [-0.1, -0.05) is 42.5 Å². The maximum Gasteiger partial charge on any atom is 0.267 e. The van der Waals surface area contributed by atoms with E-state index in [2.05, 4.69) is 6.07 Å². The maximum absolute atomic E-state index is 14.1. The first-order valence-electron chi connectivity index (χ1n) is 11.2. The van der Waals surface area contributed by atoms with Gasteiger partial charge in [0.1, 0.15) is 28.4 Å². The molecule has 0 aliphatic carbocycles. The number of nitrogens with one attached hydrogen (secondary N) is 1. The Hall–Kier alpha value is -4.96. The minimum absolute atomic E-state index is 0.0197. The molecule has 0 aliphatic rings. The van der Waals surface area contributed by atoms with Crippen molar-refractivity contribution in [1.29, 1.82) is 10.7 Å². The van der Waals surface area contributed by atoms with Crippen LogP contribution in [0.25, 0.3) is 44.4 Å². The minimum Gasteiger partial charge on any atom is -0.494 e. The number of hydrogen-bond donors (Lipinski definition) is 1. The summed E-state index contributed by atoms with van der Waals surface area (Å²) in [6.45, 7) is 2.46. The van der Waals surface area contributed by atoms with Crippen LogP contribution in [0, 0.1) is 16.7 Å². The van der Waals surface area contributed by atoms with E-state index in [9.17, 15) is 10.1 Å². The third-order valence-electron chi connectivity index (χ3n) is 6.19. The second kappa shape index (κ2) is 7.82. The quantitative estimate of drug-likeness (QED) is 0.390. The molecule has 6 rings (SSSR count). The van der Waals surface area contributed by atoms with Crippen molar-refractivity contribution < 1.29 is 4.74 Å². The number of para-hydroxylation sites is 2. The van der Waals surface area contributed by atoms with Crippen molar-refractivity contribution in [2.75, 3.05) is 6.61 Å². The summed E-state index contributed by atoms with van der Waals surface area (Å²) in [5.41, 5.74) is 3.90. The summed E-state index contributed by atoms with van der Waals surface area (Å²) < 4.78 is 8.79. The smallest absolute Gasteiger partial charge is 0.267 e. The highest BCUT2D eigenvalue weighted by Crippen LogP contribution is 2.33. The third-order valence-corrected chi connectivity index (χ3v) is 6.19. The van der Waals surface area contributed by atoms with Gasteiger partial charge in [-0.2, -0.15) is 5.26 Å². The number of benzene rings is 3. The molecule has 3 heterocycles. The van der Waals surface area contributed by atoms with Crippen molar-refractivity contribution in [2.24, 2.45) is 0 Å². The van der Waals surface area contributed by atoms with E-state index in [-0.39, 0.29) is 16.6 Å². The normalized spacial score (nSPS) is 11.3. The fourth-order valence-corrected chi connectivity index (χ4v) is 4.74. The van der Waals surface area contributed by atoms with Gasteiger partial charge in [0.25, 0.3) is 5.56 Å². The zero-order valence-corrected chi connectivity index (χ0v) is 18.8. The summed E-state index contributed by atoms with van der Waals surface area (Å²) in [6.07, 6.45) is 0. The second-order valence-electron chi connectivity index (χ2n) is 8.13. The van der Waals surface area contributed by atoms with Gasteiger partial charge in [0.15, 0.2) is 5.65 Å². The molecule has 0 unspecified atom stereocenters. The van der Waals surface area contributed by atoms with Crippen LogP contribution in [-0.4, -0.2) is 20.6 Å². The lowest BCUT2D eigenvalue weighted by Gasteiger charge is -2.12. The largest absolute Gasteiger partial charge is 0.494 e. The molecule has 1 N–H and O–H groups in total. The fraction of sp³-hybridized carbons (Fsp3) is 0.0714. The Morgan fingerprint density at radius 2 is 1.71 bits per heavy atom. The lowest BCUT2D eigenvalue weighted by molar-refractivity contribution is 0.340. The molecule has 6 aromatic rings. The number of nitriles is 1. The Balaban J connectivity index is 1.86. The number of pyridine rings is 1. The van der Waals surface area contributed by atoms with Gasteiger partial charge in [0.2, 0.25) is 0 Å². The molecule has 0 amide bonds. The first kappa shape index (κ1) is 20.6. The molecule has 0 atom stereocenters. The predicted octanol–water partition coefficient (Wildman–Crippen LogP) is 4.65. The van der Waals surface area contributed by atoms with Gasteiger partial charge in [0.05, 0.1) is 28.7 Å². The number of rotatable bonds is 4. The van der Waals surface area contributed by atoms with E-state index in [1.54, 1.807) is 8.97 Å². The Kier molecular flexibility index (Phi) is 4.61. The molecule has 0 spiro atoms. The highest BCUT2D eigenvalue weighted by atomic mass is 16.5. The number of hydrogen-bond acceptors (Lipinski definition) is 5. The maximum atomic E-state index is 14.1. The average Bonchev–Trinajstić information content (AvgIpc) is 3.17. The van der Waals surface area contributed by atoms with Crippen LogP contribution in [0.5, 0.6) is 5.75 Å². The standard InChI is InChI=1S/C28H19N5O2/c1-2-35-19-14-12-18(13-15-19)32-27-25-24(28(32)34)23(17-8-4-3-5-9-17)20(16-29)26(30)33(25)22-11-7-6-10-21(22)31-27/h3-15,30H,2H2,1H3. The van der Waals surface area contributed by atoms with Crippen LogP contribution in [0.2, 0.25) is 0 Å². The number of ether oxygens (including phenoxy) is 1. The topological polar surface area (TPSA) is 96.2 Å². The molecule has 0 aliphatic heterocycles. The van der Waals surface area contributed by atoms with E-state index < -0.39 is 0 Å². The lowest BCUT2D eigenvalue weighted by atomic mass is 9.98. The fourth-order valence-electron chi connectivity index (χ4n) is 4.74. The lowest BCUT2D eigenvalue weighted by Crippen LogP contribution is -2.20. The van der Waals surface area contributed by atoms with Gasteiger partial charge in [-0.15, -0.1) is 0 Å². The number of aromatic nitrogens is 3. The van der Waals surface area contributed by atoms with Crippen LogP contribution in [-0.2, 0) is 0 Å². The van der Waals surface area contributed by atoms with Crippen LogP contribution >= 0.6 is 0 Å². The summed E-state index contributed by atoms with van der Waals surface area (Å²) in [5.74, 6) is 0.705. The molecular weight excluding hydrogens is 438 g/mol. The van der Waals surface area contributed by atoms with Gasteiger partial charge in [-0.25, -0.2) is 4.98 Å². The van der Waals surface area contributed by atoms with Gasteiger partial charge < -0.3 is 4.74 Å². The molecule has 3 aromatic heterocycles. The summed E-state index contributed by atoms with van der Waals surface area (Å²) >= 11 is 0. The van der Waals surface area contributed by atoms with Crippen molar-refractivity contribution in [3.05, 3.63) is 100 Å². The molecule has 0 saturated carbocycles. The van der Waals surface area contributed by atoms with Crippen LogP contribution < -0.4 is 15.8 Å². The molecule has 168 valence electrons. The van der Waals surface area contributed by atoms with Crippen LogP contribution in [0.4, 0.5) is 0 Å². The molecule has 0 bridgehead atoms. The monoisotopic (exact) mass is 457 g/mol. The van der Waals surface area contributed by atoms with E-state index in [0.29, 0.717) is 56.8 Å². The van der Waals surface area contributed by atoms with E-state index in [0.717, 1.165) is 0 Å². The Bertz CT molecular complexity index is 1900. The average molecular weight is 457 g/mol. The molecule has 0 fully saturated rings. The predicted molar refractivity (Wildman–Crippen MR) is 134 cm³/mol. The summed E-state index contributed by atoms with van der Waals surface area (Å²) in [6, 6.07) is 26.2. The molecule has 0 saturated heterocycles. The SMILES string of the molecule is CCOc1ccc(-n2c(=O)c3c(-c4ccccc4)c(C#N)c(=N)n4c5ccccc5nc2c34)cc1. The third kappa shape index (κ3) is 2.94. The van der Waals surface area contributed by atoms with Crippen molar-refractivity contribution in [1.82, 2.24) is 14.0 Å². The molecule has 3 aromatic carbocycles. The van der Waals surface area contributed by atoms with Crippen molar-refractivity contribution in [3.8, 4) is 28.6 Å². The van der Waals surface area contributed by atoms with Crippen molar-refractivity contribution >= 4 is 27.6 Å². The molecule has 7 nitrogen and oxygen atoms in total. The van der Waals surface area contributed by atoms with E-state index in [1.165, 1.54) is 0 Å². The molecular formula is C28H19N5O2. The van der Waals surface area contributed by atoms with E-state index in [4.69, 9.17) is 15.1 Å². The van der Waals surface area contributed by atoms with Crippen molar-refractivity contribution in [3.63, 3.8) is 0 Å². The zero-order valence-electron chi connectivity index (χ0n) is 18.8. The Labute approximate surface area is 199 Å². The van der Waals surface area contributed by atoms with E-state index in [1.807, 2.05) is 85.8 Å². The second-order valence-corrected chi connectivity index (χ2v) is 8.13. The first-order valence-corrected chi connectivity index (χ1v) is 11.2. The van der Waals surface area contributed by atoms with E-state index >= 15 is 0 Å². The summed E-state index contributed by atoms with van der Waals surface area (Å²) in [5, 5.41) is 19.5. The number of nitrogens with zero attached hydrogens (tertiary/aromatic N) is 4. The van der Waals surface area contributed by atoms with Crippen LogP contribution in [0.15, 0.2) is 83.7 Å². The van der Waals surface area contributed by atoms with Gasteiger partial charge in [0, 0.05) is 5.56 Å². The van der Waals surface area contributed by atoms with Crippen LogP contribution in [0.1, 0.15) is 12.5 Å². The van der Waals surface area contributed by atoms with Gasteiger partial charge >= 0.3 is 0 Å². The molecule has 35 heavy (non-hydrogen) atoms. The molecule has 0 radical (unpaired) electrons. The molecule has 7 heteroatoms. The highest BCUT2D eigenvalue weighted by molar-refractivity contribution is 6.07. The summed E-state index contributed by atoms with van der Waals surface area (Å²) in [4.78, 5) is 19.0. The van der Waals surface area contributed by atoms with Gasteiger partial charge in [-0.3, -0.25) is 19.2 Å². The van der Waals surface area contributed by atoms with Crippen LogP contribution in [0.3, 0.4) is 0 Å². The number of fused-ring (bicyclic) bond motifs is 2. The first-order chi connectivity index (χ1) is 17.1. The Morgan fingerprint density at radius 3 is 2.43 bits per heavy atom. The zero-order chi connectivity index (χ0) is 24.1. The van der Waals surface area contributed by atoms with Crippen molar-refractivity contribution in [2.45, 2.75) is 6.92 Å².